The molecule has 2 aliphatic rings. The van der Waals surface area contributed by atoms with E-state index in [0.29, 0.717) is 17.8 Å². The predicted molar refractivity (Wildman–Crippen MR) is 110 cm³/mol. The molecular formula is C21H27ClN4O. The molecule has 2 atom stereocenters. The molecule has 0 bridgehead atoms. The number of para-hydroxylation sites is 1. The molecule has 1 saturated carbocycles. The summed E-state index contributed by atoms with van der Waals surface area (Å²) in [6, 6.07) is 12.9. The Kier molecular flexibility index (Phi) is 5.41. The van der Waals surface area contributed by atoms with Gasteiger partial charge in [0.25, 0.3) is 5.91 Å². The van der Waals surface area contributed by atoms with Crippen LogP contribution >= 0.6 is 11.6 Å². The molecule has 144 valence electrons. The number of nitrogens with one attached hydrogen (secondary N) is 2. The zero-order valence-corrected chi connectivity index (χ0v) is 16.5. The van der Waals surface area contributed by atoms with Crippen LogP contribution in [0.2, 0.25) is 5.02 Å². The molecule has 0 radical (unpaired) electrons. The van der Waals surface area contributed by atoms with Crippen LogP contribution in [0.5, 0.6) is 0 Å². The number of benzene rings is 1. The second kappa shape index (κ2) is 7.95. The largest absolute Gasteiger partial charge is 0.370 e. The van der Waals surface area contributed by atoms with Crippen molar-refractivity contribution in [3.8, 4) is 0 Å². The molecule has 2 aromatic rings. The fourth-order valence-electron chi connectivity index (χ4n) is 4.11. The zero-order valence-electron chi connectivity index (χ0n) is 15.7. The zero-order chi connectivity index (χ0) is 18.8. The van der Waals surface area contributed by atoms with Crippen molar-refractivity contribution in [1.29, 1.82) is 0 Å². The molecule has 1 aliphatic carbocycles. The minimum absolute atomic E-state index is 0.0209. The number of amides is 1. The molecule has 2 heterocycles. The third-order valence-corrected chi connectivity index (χ3v) is 6.22. The van der Waals surface area contributed by atoms with E-state index >= 15 is 0 Å². The number of halogens is 1. The molecule has 6 heteroatoms. The van der Waals surface area contributed by atoms with Crippen molar-refractivity contribution in [2.24, 2.45) is 7.05 Å². The van der Waals surface area contributed by atoms with Gasteiger partial charge >= 0.3 is 0 Å². The molecule has 1 aromatic heterocycles. The number of aromatic nitrogens is 1. The lowest BCUT2D eigenvalue weighted by atomic mass is 9.85. The summed E-state index contributed by atoms with van der Waals surface area (Å²) in [7, 11) is 1.90. The summed E-state index contributed by atoms with van der Waals surface area (Å²) < 4.78 is 1.86. The fraction of sp³-hybridized carbons (Fsp3) is 0.476. The second-order valence-electron chi connectivity index (χ2n) is 7.65. The van der Waals surface area contributed by atoms with E-state index in [1.165, 1.54) is 0 Å². The molecular weight excluding hydrogens is 360 g/mol. The molecule has 1 aromatic carbocycles. The van der Waals surface area contributed by atoms with Gasteiger partial charge in [0.15, 0.2) is 0 Å². The molecule has 4 rings (SSSR count). The summed E-state index contributed by atoms with van der Waals surface area (Å²) >= 11 is 6.33. The Labute approximate surface area is 165 Å². The summed E-state index contributed by atoms with van der Waals surface area (Å²) in [6.45, 7) is 2.02. The summed E-state index contributed by atoms with van der Waals surface area (Å²) in [5.41, 5.74) is 1.85. The van der Waals surface area contributed by atoms with Crippen molar-refractivity contribution >= 4 is 23.2 Å². The number of nitrogens with zero attached hydrogens (tertiary/aromatic N) is 2. The Morgan fingerprint density at radius 2 is 1.78 bits per heavy atom. The number of rotatable bonds is 5. The monoisotopic (exact) mass is 386 g/mol. The molecule has 2 unspecified atom stereocenters. The number of carbonyl (C=O) groups excluding carboxylic acids is 1. The Bertz CT molecular complexity index is 797. The van der Waals surface area contributed by atoms with Crippen LogP contribution in [-0.4, -0.2) is 41.7 Å². The number of carbonyl (C=O) groups is 1. The van der Waals surface area contributed by atoms with Crippen molar-refractivity contribution < 1.29 is 4.79 Å². The van der Waals surface area contributed by atoms with Crippen molar-refractivity contribution in [2.45, 2.75) is 43.8 Å². The van der Waals surface area contributed by atoms with Crippen LogP contribution in [0.3, 0.4) is 0 Å². The van der Waals surface area contributed by atoms with Crippen LogP contribution in [-0.2, 0) is 7.05 Å². The average Bonchev–Trinajstić information content (AvgIpc) is 3.10. The first-order chi connectivity index (χ1) is 13.1. The van der Waals surface area contributed by atoms with Gasteiger partial charge in [0.05, 0.1) is 10.7 Å². The minimum atomic E-state index is 0.0209. The van der Waals surface area contributed by atoms with Crippen LogP contribution in [0, 0.1) is 0 Å². The van der Waals surface area contributed by atoms with Gasteiger partial charge in [0.2, 0.25) is 0 Å². The highest BCUT2D eigenvalue weighted by atomic mass is 35.5. The van der Waals surface area contributed by atoms with Crippen LogP contribution in [0.25, 0.3) is 0 Å². The first kappa shape index (κ1) is 18.4. The lowest BCUT2D eigenvalue weighted by Gasteiger charge is -2.42. The predicted octanol–water partition coefficient (Wildman–Crippen LogP) is 3.20. The van der Waals surface area contributed by atoms with Gasteiger partial charge in [-0.3, -0.25) is 4.79 Å². The van der Waals surface area contributed by atoms with Gasteiger partial charge in [0, 0.05) is 44.5 Å². The van der Waals surface area contributed by atoms with Crippen molar-refractivity contribution in [3.63, 3.8) is 0 Å². The van der Waals surface area contributed by atoms with E-state index in [1.807, 2.05) is 48.1 Å². The fourth-order valence-corrected chi connectivity index (χ4v) is 4.36. The number of hydrogen-bond acceptors (Lipinski definition) is 3. The molecule has 5 nitrogen and oxygen atoms in total. The smallest absolute Gasteiger partial charge is 0.268 e. The lowest BCUT2D eigenvalue weighted by Crippen LogP contribution is -2.60. The first-order valence-corrected chi connectivity index (χ1v) is 10.2. The van der Waals surface area contributed by atoms with Crippen LogP contribution in [0.15, 0.2) is 42.6 Å². The highest BCUT2D eigenvalue weighted by molar-refractivity contribution is 6.33. The van der Waals surface area contributed by atoms with E-state index in [2.05, 4.69) is 21.6 Å². The van der Waals surface area contributed by atoms with E-state index in [1.54, 1.807) is 0 Å². The maximum absolute atomic E-state index is 12.4. The van der Waals surface area contributed by atoms with Crippen LogP contribution in [0.1, 0.15) is 36.2 Å². The Morgan fingerprint density at radius 3 is 2.41 bits per heavy atom. The molecule has 27 heavy (non-hydrogen) atoms. The van der Waals surface area contributed by atoms with Gasteiger partial charge in [0.1, 0.15) is 5.69 Å². The van der Waals surface area contributed by atoms with Crippen LogP contribution in [0.4, 0.5) is 5.69 Å². The Morgan fingerprint density at radius 1 is 1.04 bits per heavy atom. The Hall–Kier alpha value is -1.98. The normalized spacial score (nSPS) is 23.1. The molecule has 1 amide bonds. The van der Waals surface area contributed by atoms with Crippen molar-refractivity contribution in [2.75, 3.05) is 18.0 Å². The van der Waals surface area contributed by atoms with Gasteiger partial charge in [-0.05, 0) is 49.9 Å². The quantitative estimate of drug-likeness (QED) is 0.829. The molecule has 1 aliphatic heterocycles. The van der Waals surface area contributed by atoms with Crippen LogP contribution < -0.4 is 15.5 Å². The molecule has 2 N–H and O–H groups in total. The number of piperidine rings is 1. The number of aryl methyl sites for hydroxylation is 1. The SMILES string of the molecule is Cn1cccc1C(=O)NC1CCC1NC1CCN(c2ccccc2Cl)CC1. The van der Waals surface area contributed by atoms with Gasteiger partial charge in [-0.2, -0.15) is 0 Å². The van der Waals surface area contributed by atoms with E-state index < -0.39 is 0 Å². The topological polar surface area (TPSA) is 49.3 Å². The van der Waals surface area contributed by atoms with Gasteiger partial charge < -0.3 is 20.1 Å². The molecule has 2 fully saturated rings. The highest BCUT2D eigenvalue weighted by Crippen LogP contribution is 2.29. The molecule has 0 spiro atoms. The third kappa shape index (κ3) is 3.99. The van der Waals surface area contributed by atoms with E-state index in [-0.39, 0.29) is 11.9 Å². The summed E-state index contributed by atoms with van der Waals surface area (Å²) in [6.07, 6.45) is 6.27. The third-order valence-electron chi connectivity index (χ3n) is 5.91. The van der Waals surface area contributed by atoms with E-state index in [9.17, 15) is 4.79 Å². The standard InChI is InChI=1S/C21H27ClN4O/c1-25-12-4-7-20(25)21(27)24-18-9-8-17(18)23-15-10-13-26(14-11-15)19-6-3-2-5-16(19)22/h2-7,12,15,17-18,23H,8-11,13-14H2,1H3,(H,24,27). The van der Waals surface area contributed by atoms with Crippen molar-refractivity contribution in [3.05, 3.63) is 53.3 Å². The van der Waals surface area contributed by atoms with Crippen molar-refractivity contribution in [1.82, 2.24) is 15.2 Å². The Balaban J connectivity index is 1.26. The minimum Gasteiger partial charge on any atom is -0.370 e. The summed E-state index contributed by atoms with van der Waals surface area (Å²) in [5.74, 6) is 0.0209. The van der Waals surface area contributed by atoms with E-state index in [0.717, 1.165) is 49.5 Å². The van der Waals surface area contributed by atoms with Gasteiger partial charge in [-0.25, -0.2) is 0 Å². The highest BCUT2D eigenvalue weighted by Gasteiger charge is 2.34. The maximum Gasteiger partial charge on any atom is 0.268 e. The maximum atomic E-state index is 12.4. The molecule has 1 saturated heterocycles. The number of anilines is 1. The van der Waals surface area contributed by atoms with Gasteiger partial charge in [-0.1, -0.05) is 23.7 Å². The lowest BCUT2D eigenvalue weighted by molar-refractivity contribution is 0.0878. The first-order valence-electron chi connectivity index (χ1n) is 9.79. The summed E-state index contributed by atoms with van der Waals surface area (Å²) in [5, 5.41) is 7.79. The summed E-state index contributed by atoms with van der Waals surface area (Å²) in [4.78, 5) is 14.8. The number of hydrogen-bond donors (Lipinski definition) is 2. The van der Waals surface area contributed by atoms with Gasteiger partial charge in [-0.15, -0.1) is 0 Å². The van der Waals surface area contributed by atoms with E-state index in [4.69, 9.17) is 11.6 Å². The average molecular weight is 387 g/mol. The second-order valence-corrected chi connectivity index (χ2v) is 8.05.